The molecule has 1 atom stereocenters. The van der Waals surface area contributed by atoms with Gasteiger partial charge in [0.1, 0.15) is 0 Å². The number of hydrogen-bond acceptors (Lipinski definition) is 3. The summed E-state index contributed by atoms with van der Waals surface area (Å²) >= 11 is 0. The van der Waals surface area contributed by atoms with E-state index >= 15 is 0 Å². The zero-order valence-corrected chi connectivity index (χ0v) is 11.1. The Kier molecular flexibility index (Phi) is 5.11. The average Bonchev–Trinajstić information content (AvgIpc) is 2.27. The van der Waals surface area contributed by atoms with Gasteiger partial charge in [-0.25, -0.2) is 13.1 Å². The Labute approximate surface area is 103 Å². The maximum absolute atomic E-state index is 12.0. The summed E-state index contributed by atoms with van der Waals surface area (Å²) in [6, 6.07) is 6.88. The second-order valence-corrected chi connectivity index (χ2v) is 6.12. The molecule has 0 radical (unpaired) electrons. The molecule has 5 heteroatoms. The van der Waals surface area contributed by atoms with Crippen LogP contribution in [-0.4, -0.2) is 21.5 Å². The molecule has 0 saturated carbocycles. The van der Waals surface area contributed by atoms with Crippen LogP contribution in [0.2, 0.25) is 0 Å². The molecule has 1 aromatic rings. The van der Waals surface area contributed by atoms with Gasteiger partial charge in [-0.15, -0.1) is 0 Å². The average molecular weight is 256 g/mol. The quantitative estimate of drug-likeness (QED) is 0.805. The van der Waals surface area contributed by atoms with Crippen molar-refractivity contribution in [3.05, 3.63) is 29.8 Å². The second-order valence-electron chi connectivity index (χ2n) is 4.35. The van der Waals surface area contributed by atoms with Gasteiger partial charge in [0.25, 0.3) is 0 Å². The summed E-state index contributed by atoms with van der Waals surface area (Å²) in [6.07, 6.45) is 0.816. The molecule has 0 aliphatic heterocycles. The van der Waals surface area contributed by atoms with E-state index in [2.05, 4.69) is 4.72 Å². The lowest BCUT2D eigenvalue weighted by Gasteiger charge is -2.12. The molecule has 0 amide bonds. The highest BCUT2D eigenvalue weighted by atomic mass is 32.2. The normalized spacial score (nSPS) is 13.6. The van der Waals surface area contributed by atoms with E-state index in [4.69, 9.17) is 5.73 Å². The van der Waals surface area contributed by atoms with Gasteiger partial charge in [0.15, 0.2) is 0 Å². The van der Waals surface area contributed by atoms with Crippen molar-refractivity contribution < 1.29 is 8.42 Å². The zero-order chi connectivity index (χ0) is 12.9. The van der Waals surface area contributed by atoms with E-state index in [9.17, 15) is 8.42 Å². The molecule has 0 aliphatic rings. The van der Waals surface area contributed by atoms with Crippen molar-refractivity contribution in [2.75, 3.05) is 13.1 Å². The van der Waals surface area contributed by atoms with Crippen molar-refractivity contribution >= 4 is 10.0 Å². The minimum Gasteiger partial charge on any atom is -0.330 e. The van der Waals surface area contributed by atoms with Crippen LogP contribution in [0.3, 0.4) is 0 Å². The van der Waals surface area contributed by atoms with Crippen molar-refractivity contribution in [1.82, 2.24) is 4.72 Å². The van der Waals surface area contributed by atoms with Crippen molar-refractivity contribution in [3.8, 4) is 0 Å². The molecule has 0 fully saturated rings. The van der Waals surface area contributed by atoms with E-state index in [-0.39, 0.29) is 5.92 Å². The molecule has 0 bridgehead atoms. The number of aryl methyl sites for hydroxylation is 1. The Morgan fingerprint density at radius 1 is 1.41 bits per heavy atom. The zero-order valence-electron chi connectivity index (χ0n) is 10.3. The van der Waals surface area contributed by atoms with Crippen molar-refractivity contribution in [1.29, 1.82) is 0 Å². The lowest BCUT2D eigenvalue weighted by molar-refractivity contribution is 0.515. The van der Waals surface area contributed by atoms with E-state index in [0.29, 0.717) is 18.0 Å². The predicted octanol–water partition coefficient (Wildman–Crippen LogP) is 1.26. The third-order valence-electron chi connectivity index (χ3n) is 2.58. The van der Waals surface area contributed by atoms with Gasteiger partial charge in [-0.3, -0.25) is 0 Å². The Bertz CT molecular complexity index is 457. The third-order valence-corrected chi connectivity index (χ3v) is 4.00. The summed E-state index contributed by atoms with van der Waals surface area (Å²) in [6.45, 7) is 4.85. The fraction of sp³-hybridized carbons (Fsp3) is 0.500. The maximum atomic E-state index is 12.0. The maximum Gasteiger partial charge on any atom is 0.240 e. The highest BCUT2D eigenvalue weighted by Crippen LogP contribution is 2.11. The number of rotatable bonds is 6. The van der Waals surface area contributed by atoms with E-state index in [1.807, 2.05) is 19.9 Å². The van der Waals surface area contributed by atoms with Crippen LogP contribution in [0.1, 0.15) is 18.9 Å². The molecule has 0 aliphatic carbocycles. The van der Waals surface area contributed by atoms with E-state index in [1.54, 1.807) is 18.2 Å². The van der Waals surface area contributed by atoms with Crippen LogP contribution in [-0.2, 0) is 10.0 Å². The van der Waals surface area contributed by atoms with E-state index in [0.717, 1.165) is 12.0 Å². The van der Waals surface area contributed by atoms with Crippen molar-refractivity contribution in [3.63, 3.8) is 0 Å². The highest BCUT2D eigenvalue weighted by Gasteiger charge is 2.14. The topological polar surface area (TPSA) is 72.2 Å². The minimum atomic E-state index is -3.39. The summed E-state index contributed by atoms with van der Waals surface area (Å²) in [7, 11) is -3.39. The monoisotopic (exact) mass is 256 g/mol. The SMILES string of the molecule is Cc1cccc(S(=O)(=O)NCC(C)CCN)c1. The van der Waals surface area contributed by atoms with E-state index < -0.39 is 10.0 Å². The van der Waals surface area contributed by atoms with Gasteiger partial charge < -0.3 is 5.73 Å². The molecule has 3 N–H and O–H groups in total. The first-order valence-electron chi connectivity index (χ1n) is 5.72. The molecular formula is C12H20N2O2S. The first-order chi connectivity index (χ1) is 7.95. The van der Waals surface area contributed by atoms with Gasteiger partial charge in [-0.1, -0.05) is 19.1 Å². The van der Waals surface area contributed by atoms with Crippen LogP contribution in [0.5, 0.6) is 0 Å². The fourth-order valence-electron chi connectivity index (χ4n) is 1.50. The highest BCUT2D eigenvalue weighted by molar-refractivity contribution is 7.89. The number of hydrogen-bond donors (Lipinski definition) is 2. The summed E-state index contributed by atoms with van der Waals surface area (Å²) in [5, 5.41) is 0. The lowest BCUT2D eigenvalue weighted by Crippen LogP contribution is -2.29. The van der Waals surface area contributed by atoms with Crippen LogP contribution >= 0.6 is 0 Å². The summed E-state index contributed by atoms with van der Waals surface area (Å²) in [4.78, 5) is 0.317. The lowest BCUT2D eigenvalue weighted by atomic mass is 10.1. The van der Waals surface area contributed by atoms with Gasteiger partial charge in [-0.05, 0) is 43.5 Å². The standard InChI is InChI=1S/C12H20N2O2S/c1-10-4-3-5-12(8-10)17(15,16)14-9-11(2)6-7-13/h3-5,8,11,14H,6-7,9,13H2,1-2H3. The molecule has 17 heavy (non-hydrogen) atoms. The van der Waals surface area contributed by atoms with Gasteiger partial charge in [-0.2, -0.15) is 0 Å². The van der Waals surface area contributed by atoms with Crippen molar-refractivity contribution in [2.45, 2.75) is 25.2 Å². The molecule has 0 spiro atoms. The van der Waals surface area contributed by atoms with Gasteiger partial charge in [0, 0.05) is 6.54 Å². The van der Waals surface area contributed by atoms with Gasteiger partial charge >= 0.3 is 0 Å². The fourth-order valence-corrected chi connectivity index (χ4v) is 2.77. The Balaban J connectivity index is 2.69. The van der Waals surface area contributed by atoms with Crippen molar-refractivity contribution in [2.24, 2.45) is 11.7 Å². The first kappa shape index (κ1) is 14.2. The smallest absolute Gasteiger partial charge is 0.240 e. The minimum absolute atomic E-state index is 0.250. The number of nitrogens with one attached hydrogen (secondary N) is 1. The molecule has 96 valence electrons. The summed E-state index contributed by atoms with van der Waals surface area (Å²) < 4.78 is 26.5. The molecule has 0 saturated heterocycles. The number of sulfonamides is 1. The van der Waals surface area contributed by atoms with Crippen LogP contribution in [0.25, 0.3) is 0 Å². The summed E-state index contributed by atoms with van der Waals surface area (Å²) in [5.74, 6) is 0.250. The first-order valence-corrected chi connectivity index (χ1v) is 7.20. The Hall–Kier alpha value is -0.910. The molecule has 1 rings (SSSR count). The number of benzene rings is 1. The molecule has 0 aromatic heterocycles. The molecule has 4 nitrogen and oxygen atoms in total. The third kappa shape index (κ3) is 4.46. The largest absolute Gasteiger partial charge is 0.330 e. The van der Waals surface area contributed by atoms with Crippen LogP contribution < -0.4 is 10.5 Å². The number of nitrogens with two attached hydrogens (primary N) is 1. The molecule has 1 aromatic carbocycles. The van der Waals surface area contributed by atoms with Crippen LogP contribution in [0.4, 0.5) is 0 Å². The Morgan fingerprint density at radius 3 is 2.71 bits per heavy atom. The van der Waals surface area contributed by atoms with E-state index in [1.165, 1.54) is 0 Å². The molecule has 0 heterocycles. The van der Waals surface area contributed by atoms with Gasteiger partial charge in [0.05, 0.1) is 4.90 Å². The molecule has 1 unspecified atom stereocenters. The van der Waals surface area contributed by atoms with Gasteiger partial charge in [0.2, 0.25) is 10.0 Å². The predicted molar refractivity (Wildman–Crippen MR) is 69.2 cm³/mol. The second kappa shape index (κ2) is 6.14. The summed E-state index contributed by atoms with van der Waals surface area (Å²) in [5.41, 5.74) is 6.36. The van der Waals surface area contributed by atoms with Crippen LogP contribution in [0.15, 0.2) is 29.2 Å². The molecular weight excluding hydrogens is 236 g/mol. The van der Waals surface area contributed by atoms with Crippen LogP contribution in [0, 0.1) is 12.8 Å². The Morgan fingerprint density at radius 2 is 2.12 bits per heavy atom.